The maximum absolute atomic E-state index is 2.19. The molecule has 1 aliphatic heterocycles. The van der Waals surface area contributed by atoms with E-state index in [1.54, 1.807) is 0 Å². The summed E-state index contributed by atoms with van der Waals surface area (Å²) in [5, 5.41) is 0. The monoisotopic (exact) mass is 110 g/mol. The number of quaternary nitrogens is 1. The van der Waals surface area contributed by atoms with Gasteiger partial charge >= 0.3 is 0 Å². The van der Waals surface area contributed by atoms with Crippen molar-refractivity contribution < 1.29 is 4.90 Å². The molecule has 1 atom stereocenters. The molecule has 1 N–H and O–H groups in total. The zero-order chi connectivity index (χ0) is 5.82. The minimum Gasteiger partial charge on any atom is -0.306 e. The molecule has 0 aliphatic carbocycles. The van der Waals surface area contributed by atoms with Crippen molar-refractivity contribution in [3.63, 3.8) is 0 Å². The predicted molar refractivity (Wildman–Crippen MR) is 34.7 cm³/mol. The highest BCUT2D eigenvalue weighted by Gasteiger charge is 1.97. The predicted octanol–water partition coefficient (Wildman–Crippen LogP) is -0.0253. The molecule has 0 amide bonds. The van der Waals surface area contributed by atoms with Gasteiger partial charge in [-0.2, -0.15) is 0 Å². The van der Waals surface area contributed by atoms with Crippen molar-refractivity contribution in [3.8, 4) is 0 Å². The first-order valence-corrected chi connectivity index (χ1v) is 3.11. The highest BCUT2D eigenvalue weighted by Crippen LogP contribution is 1.75. The molecule has 0 saturated heterocycles. The van der Waals surface area contributed by atoms with Crippen LogP contribution in [0.5, 0.6) is 0 Å². The van der Waals surface area contributed by atoms with Gasteiger partial charge in [-0.15, -0.1) is 0 Å². The van der Waals surface area contributed by atoms with Crippen LogP contribution in [0.1, 0.15) is 6.92 Å². The van der Waals surface area contributed by atoms with Crippen LogP contribution in [0.4, 0.5) is 0 Å². The maximum Gasteiger partial charge on any atom is 0.100 e. The van der Waals surface area contributed by atoms with Gasteiger partial charge in [0.1, 0.15) is 6.54 Å². The van der Waals surface area contributed by atoms with Gasteiger partial charge in [0.05, 0.1) is 12.7 Å². The highest BCUT2D eigenvalue weighted by atomic mass is 15.1. The van der Waals surface area contributed by atoms with E-state index in [0.29, 0.717) is 0 Å². The molecule has 0 aromatic heterocycles. The summed E-state index contributed by atoms with van der Waals surface area (Å²) in [4.78, 5) is 1.53. The fraction of sp³-hybridized carbons (Fsp3) is 0.429. The van der Waals surface area contributed by atoms with E-state index in [2.05, 4.69) is 31.4 Å². The van der Waals surface area contributed by atoms with Crippen LogP contribution in [0.3, 0.4) is 0 Å². The molecule has 0 spiro atoms. The van der Waals surface area contributed by atoms with E-state index >= 15 is 0 Å². The fourth-order valence-corrected chi connectivity index (χ4v) is 0.820. The number of allylic oxidation sites excluding steroid dienone is 2. The first-order chi connectivity index (χ1) is 3.93. The van der Waals surface area contributed by atoms with Crippen LogP contribution >= 0.6 is 0 Å². The van der Waals surface area contributed by atoms with Gasteiger partial charge in [-0.25, -0.2) is 0 Å². The number of hydrogen-bond donors (Lipinski definition) is 1. The average Bonchev–Trinajstić information content (AvgIpc) is 1.90. The van der Waals surface area contributed by atoms with E-state index in [4.69, 9.17) is 0 Å². The van der Waals surface area contributed by atoms with Crippen molar-refractivity contribution in [3.05, 3.63) is 24.4 Å². The molecule has 1 rings (SSSR count). The Labute approximate surface area is 50.3 Å². The van der Waals surface area contributed by atoms with Gasteiger partial charge in [-0.3, -0.25) is 0 Å². The summed E-state index contributed by atoms with van der Waals surface area (Å²) in [6.07, 6.45) is 8.58. The minimum absolute atomic E-state index is 1.16. The van der Waals surface area contributed by atoms with Gasteiger partial charge < -0.3 is 4.90 Å². The van der Waals surface area contributed by atoms with Crippen LogP contribution in [-0.2, 0) is 0 Å². The van der Waals surface area contributed by atoms with Crippen LogP contribution in [-0.4, -0.2) is 13.1 Å². The van der Waals surface area contributed by atoms with Crippen LogP contribution in [0, 0.1) is 0 Å². The standard InChI is InChI=1S/C7H11N/c1-2-8-6-4-3-5-7-8/h3-6H,2,7H2,1H3/p+1. The summed E-state index contributed by atoms with van der Waals surface area (Å²) in [5.74, 6) is 0. The number of hydrogen-bond acceptors (Lipinski definition) is 0. The Hall–Kier alpha value is -0.560. The molecule has 0 aromatic rings. The second-order valence-electron chi connectivity index (χ2n) is 2.00. The Kier molecular flexibility index (Phi) is 1.86. The smallest absolute Gasteiger partial charge is 0.100 e. The molecule has 0 radical (unpaired) electrons. The average molecular weight is 110 g/mol. The third kappa shape index (κ3) is 1.20. The molecule has 0 fully saturated rings. The Morgan fingerprint density at radius 1 is 1.50 bits per heavy atom. The van der Waals surface area contributed by atoms with Crippen LogP contribution < -0.4 is 4.90 Å². The number of likely N-dealkylation sites (N-methyl/N-ethyl adjacent to an activating group) is 1. The molecule has 0 saturated carbocycles. The van der Waals surface area contributed by atoms with Gasteiger partial charge in [0, 0.05) is 0 Å². The van der Waals surface area contributed by atoms with Crippen molar-refractivity contribution >= 4 is 0 Å². The Bertz CT molecular complexity index is 114. The van der Waals surface area contributed by atoms with Crippen LogP contribution in [0.25, 0.3) is 0 Å². The van der Waals surface area contributed by atoms with Crippen molar-refractivity contribution in [1.82, 2.24) is 0 Å². The number of rotatable bonds is 1. The number of nitrogens with one attached hydrogen (secondary N) is 1. The van der Waals surface area contributed by atoms with Gasteiger partial charge in [0.15, 0.2) is 0 Å². The molecule has 1 heterocycles. The largest absolute Gasteiger partial charge is 0.306 e. The van der Waals surface area contributed by atoms with Crippen molar-refractivity contribution in [2.24, 2.45) is 0 Å². The van der Waals surface area contributed by atoms with Gasteiger partial charge in [-0.05, 0) is 19.1 Å². The highest BCUT2D eigenvalue weighted by molar-refractivity contribution is 5.01. The quantitative estimate of drug-likeness (QED) is 0.483. The summed E-state index contributed by atoms with van der Waals surface area (Å²) < 4.78 is 0. The fourth-order valence-electron chi connectivity index (χ4n) is 0.820. The lowest BCUT2D eigenvalue weighted by Crippen LogP contribution is -3.07. The van der Waals surface area contributed by atoms with Gasteiger partial charge in [0.2, 0.25) is 0 Å². The van der Waals surface area contributed by atoms with E-state index in [9.17, 15) is 0 Å². The molecule has 1 nitrogen and oxygen atoms in total. The van der Waals surface area contributed by atoms with Crippen LogP contribution in [0.15, 0.2) is 24.4 Å². The van der Waals surface area contributed by atoms with Crippen molar-refractivity contribution in [1.29, 1.82) is 0 Å². The van der Waals surface area contributed by atoms with E-state index in [-0.39, 0.29) is 0 Å². The Morgan fingerprint density at radius 3 is 2.75 bits per heavy atom. The van der Waals surface area contributed by atoms with Crippen molar-refractivity contribution in [2.45, 2.75) is 6.92 Å². The lowest BCUT2D eigenvalue weighted by Gasteiger charge is -2.10. The Morgan fingerprint density at radius 2 is 2.38 bits per heavy atom. The van der Waals surface area contributed by atoms with E-state index in [1.165, 1.54) is 11.4 Å². The Balaban J connectivity index is 2.40. The first kappa shape index (κ1) is 5.57. The lowest BCUT2D eigenvalue weighted by atomic mass is 10.3. The normalized spacial score (nSPS) is 26.4. The summed E-state index contributed by atoms with van der Waals surface area (Å²) in [5.41, 5.74) is 0. The zero-order valence-corrected chi connectivity index (χ0v) is 5.22. The third-order valence-corrected chi connectivity index (χ3v) is 1.41. The van der Waals surface area contributed by atoms with E-state index < -0.39 is 0 Å². The van der Waals surface area contributed by atoms with Crippen LogP contribution in [0.2, 0.25) is 0 Å². The second-order valence-corrected chi connectivity index (χ2v) is 2.00. The van der Waals surface area contributed by atoms with Gasteiger partial charge in [-0.1, -0.05) is 6.08 Å². The second kappa shape index (κ2) is 2.68. The van der Waals surface area contributed by atoms with E-state index in [0.717, 1.165) is 6.54 Å². The molecule has 44 valence electrons. The third-order valence-electron chi connectivity index (χ3n) is 1.41. The molecule has 1 unspecified atom stereocenters. The molecular formula is C7H12N+. The molecule has 8 heavy (non-hydrogen) atoms. The van der Waals surface area contributed by atoms with E-state index in [1.807, 2.05) is 0 Å². The molecule has 1 heteroatoms. The maximum atomic E-state index is 2.19. The minimum atomic E-state index is 1.16. The topological polar surface area (TPSA) is 4.44 Å². The lowest BCUT2D eigenvalue weighted by molar-refractivity contribution is -0.838. The zero-order valence-electron chi connectivity index (χ0n) is 5.22. The summed E-state index contributed by atoms with van der Waals surface area (Å²) in [6, 6.07) is 0. The molecule has 0 bridgehead atoms. The SMILES string of the molecule is CC[NH+]1C=CC=CC1. The molecule has 1 aliphatic rings. The summed E-state index contributed by atoms with van der Waals surface area (Å²) in [6.45, 7) is 4.55. The molecular weight excluding hydrogens is 98.1 g/mol. The van der Waals surface area contributed by atoms with Gasteiger partial charge in [0.25, 0.3) is 0 Å². The first-order valence-electron chi connectivity index (χ1n) is 3.11. The summed E-state index contributed by atoms with van der Waals surface area (Å²) in [7, 11) is 0. The summed E-state index contributed by atoms with van der Waals surface area (Å²) >= 11 is 0. The molecule has 0 aromatic carbocycles. The van der Waals surface area contributed by atoms with Crippen molar-refractivity contribution in [2.75, 3.05) is 13.1 Å².